The molecule has 0 saturated carbocycles. The van der Waals surface area contributed by atoms with Crippen molar-refractivity contribution in [2.24, 2.45) is 0 Å². The van der Waals surface area contributed by atoms with Gasteiger partial charge >= 0.3 is 0 Å². The van der Waals surface area contributed by atoms with Gasteiger partial charge in [-0.3, -0.25) is 0 Å². The van der Waals surface area contributed by atoms with Crippen molar-refractivity contribution in [3.63, 3.8) is 0 Å². The summed E-state index contributed by atoms with van der Waals surface area (Å²) in [6.45, 7) is 9.58. The molecule has 78 heavy (non-hydrogen) atoms. The lowest BCUT2D eigenvalue weighted by Crippen LogP contribution is -2.31. The molecule has 0 saturated heterocycles. The van der Waals surface area contributed by atoms with Crippen LogP contribution in [0.15, 0.2) is 231 Å². The predicted octanol–water partition coefficient (Wildman–Crippen LogP) is 19.8. The number of fused-ring (bicyclic) bond motifs is 14. The van der Waals surface area contributed by atoms with Crippen LogP contribution < -0.4 is 9.80 Å². The molecule has 0 radical (unpaired) electrons. The van der Waals surface area contributed by atoms with Crippen LogP contribution in [0.2, 0.25) is 0 Å². The average molecular weight is 1000 g/mol. The zero-order valence-electron chi connectivity index (χ0n) is 45.2. The number of hydrogen-bond acceptors (Lipinski definition) is 2. The fourth-order valence-corrected chi connectivity index (χ4v) is 14.6. The van der Waals surface area contributed by atoms with Crippen molar-refractivity contribution in [2.45, 2.75) is 51.4 Å². The van der Waals surface area contributed by atoms with E-state index in [0.29, 0.717) is 0 Å². The maximum absolute atomic E-state index is 2.56. The van der Waals surface area contributed by atoms with Gasteiger partial charge in [0.15, 0.2) is 0 Å². The van der Waals surface area contributed by atoms with Gasteiger partial charge in [0.1, 0.15) is 0 Å². The van der Waals surface area contributed by atoms with Crippen molar-refractivity contribution in [3.8, 4) is 55.6 Å². The summed E-state index contributed by atoms with van der Waals surface area (Å²) in [6.07, 6.45) is 1.59. The van der Waals surface area contributed by atoms with Crippen LogP contribution in [-0.4, -0.2) is 14.1 Å². The molecule has 2 nitrogen and oxygen atoms in total. The maximum atomic E-state index is 2.56. The molecule has 1 aliphatic carbocycles. The van der Waals surface area contributed by atoms with E-state index in [4.69, 9.17) is 0 Å². The van der Waals surface area contributed by atoms with E-state index in [1.54, 1.807) is 0 Å². The van der Waals surface area contributed by atoms with Gasteiger partial charge in [-0.2, -0.15) is 0 Å². The highest BCUT2D eigenvalue weighted by atomic mass is 15.1. The van der Waals surface area contributed by atoms with E-state index < -0.39 is 0 Å². The van der Waals surface area contributed by atoms with Gasteiger partial charge in [0.25, 0.3) is 0 Å². The molecule has 2 heterocycles. The summed E-state index contributed by atoms with van der Waals surface area (Å²) in [5.74, 6) is 0. The highest BCUT2D eigenvalue weighted by Crippen LogP contribution is 2.56. The summed E-state index contributed by atoms with van der Waals surface area (Å²) >= 11 is 0. The van der Waals surface area contributed by atoms with Gasteiger partial charge in [-0.05, 0) is 152 Å². The lowest BCUT2D eigenvalue weighted by Gasteiger charge is -2.41. The van der Waals surface area contributed by atoms with Crippen molar-refractivity contribution in [1.82, 2.24) is 0 Å². The lowest BCUT2D eigenvalue weighted by molar-refractivity contribution is 0.630. The minimum absolute atomic E-state index is 0.206. The highest BCUT2D eigenvalue weighted by Gasteiger charge is 2.38. The van der Waals surface area contributed by atoms with E-state index in [1.165, 1.54) is 155 Å². The van der Waals surface area contributed by atoms with Crippen LogP contribution in [-0.2, 0) is 23.7 Å². The summed E-state index contributed by atoms with van der Waals surface area (Å²) in [7, 11) is 4.53. The van der Waals surface area contributed by atoms with Crippen molar-refractivity contribution in [1.29, 1.82) is 0 Å². The van der Waals surface area contributed by atoms with Crippen molar-refractivity contribution in [3.05, 3.63) is 275 Å². The Morgan fingerprint density at radius 1 is 0.282 bits per heavy atom. The maximum Gasteiger partial charge on any atom is 0.0529 e. The molecule has 2 aliphatic heterocycles. The predicted molar refractivity (Wildman–Crippen MR) is 331 cm³/mol. The monoisotopic (exact) mass is 1000 g/mol. The summed E-state index contributed by atoms with van der Waals surface area (Å²) in [4.78, 5) is 4.90. The first kappa shape index (κ1) is 46.3. The van der Waals surface area contributed by atoms with E-state index in [-0.39, 0.29) is 10.8 Å². The number of nitrogens with zero attached hydrogens (tertiary/aromatic N) is 2. The molecule has 0 unspecified atom stereocenters. The van der Waals surface area contributed by atoms with Gasteiger partial charge in [-0.1, -0.05) is 240 Å². The van der Waals surface area contributed by atoms with Crippen molar-refractivity contribution in [2.75, 3.05) is 23.9 Å². The smallest absolute Gasteiger partial charge is 0.0529 e. The molecule has 12 aromatic rings. The summed E-state index contributed by atoms with van der Waals surface area (Å²) in [5, 5.41) is 7.50. The third-order valence-corrected chi connectivity index (χ3v) is 18.4. The third kappa shape index (κ3) is 6.69. The first-order valence-electron chi connectivity index (χ1n) is 27.8. The largest absolute Gasteiger partial charge is 0.344 e. The Hall–Kier alpha value is -8.98. The Morgan fingerprint density at radius 3 is 1.26 bits per heavy atom. The number of anilines is 4. The second-order valence-electron chi connectivity index (χ2n) is 23.2. The first-order valence-corrected chi connectivity index (χ1v) is 27.8. The van der Waals surface area contributed by atoms with Crippen LogP contribution in [0, 0.1) is 0 Å². The molecule has 3 aliphatic rings. The Kier molecular flexibility index (Phi) is 10.3. The average Bonchev–Trinajstić information content (AvgIpc) is 3.66. The van der Waals surface area contributed by atoms with E-state index in [0.717, 1.165) is 12.8 Å². The van der Waals surface area contributed by atoms with Crippen LogP contribution >= 0.6 is 0 Å². The molecule has 0 spiro atoms. The summed E-state index contributed by atoms with van der Waals surface area (Å²) in [6, 6.07) is 88.0. The number of para-hydroxylation sites is 4. The zero-order valence-corrected chi connectivity index (χ0v) is 45.2. The molecule has 0 atom stereocenters. The van der Waals surface area contributed by atoms with Crippen LogP contribution in [0.4, 0.5) is 22.7 Å². The van der Waals surface area contributed by atoms with Gasteiger partial charge in [0.2, 0.25) is 0 Å². The summed E-state index contributed by atoms with van der Waals surface area (Å²) < 4.78 is 0. The third-order valence-electron chi connectivity index (χ3n) is 18.4. The van der Waals surface area contributed by atoms with Gasteiger partial charge < -0.3 is 9.80 Å². The Morgan fingerprint density at radius 2 is 0.679 bits per heavy atom. The standard InChI is InChI=1S/C76H60N2/c1-75(2)64-36-13-15-40-68(64)77(5)73-59(33-20-38-66(73)75)55-29-18-31-57-62(55)46-63-56(60-34-21-39-67-74(60)78(6)69-41-16-14-37-65(69)76(67,3)4)30-19-32-58(63)72(57)61-35-17-25-50-44-48-23-8-10-26-52(48)53-27-11-9-24-49(53)45-51-43-42-47-22-7-12-28-54(47)70(51)71(50)61/h7-43,46H,44-45H2,1-6H3. The molecular formula is C76H60N2. The molecular weight excluding hydrogens is 941 g/mol. The zero-order chi connectivity index (χ0) is 52.6. The topological polar surface area (TPSA) is 6.48 Å². The number of benzene rings is 12. The normalized spacial score (nSPS) is 14.6. The molecule has 374 valence electrons. The Bertz CT molecular complexity index is 4320. The highest BCUT2D eigenvalue weighted by molar-refractivity contribution is 6.22. The quantitative estimate of drug-likeness (QED) is 0.163. The second-order valence-corrected chi connectivity index (χ2v) is 23.2. The van der Waals surface area contributed by atoms with Crippen LogP contribution in [0.1, 0.15) is 72.2 Å². The van der Waals surface area contributed by atoms with E-state index in [1.807, 2.05) is 0 Å². The molecule has 0 N–H and O–H groups in total. The second kappa shape index (κ2) is 17.3. The lowest BCUT2D eigenvalue weighted by atomic mass is 9.72. The van der Waals surface area contributed by atoms with Crippen molar-refractivity contribution >= 4 is 55.1 Å². The van der Waals surface area contributed by atoms with Gasteiger partial charge in [0.05, 0.1) is 11.4 Å². The fourth-order valence-electron chi connectivity index (χ4n) is 14.6. The van der Waals surface area contributed by atoms with E-state index >= 15 is 0 Å². The minimum atomic E-state index is -0.206. The molecule has 0 amide bonds. The molecule has 0 aromatic heterocycles. The van der Waals surface area contributed by atoms with Gasteiger partial charge in [-0.15, -0.1) is 0 Å². The minimum Gasteiger partial charge on any atom is -0.344 e. The SMILES string of the molecule is CN1c2ccccc2C(C)(C)c2cccc(-c3cccc4c(-c5cccc6c5-c5c(ccc7ccccc57)Cc5ccccc5-c5ccccc5C6)c5cccc(-c6cccc7c6N(C)c6ccccc6C7(C)C)c5cc34)c21. The van der Waals surface area contributed by atoms with Crippen molar-refractivity contribution < 1.29 is 0 Å². The fraction of sp³-hybridized carbons (Fsp3) is 0.132. The van der Waals surface area contributed by atoms with Crippen LogP contribution in [0.3, 0.4) is 0 Å². The Labute approximate surface area is 458 Å². The summed E-state index contributed by atoms with van der Waals surface area (Å²) in [5.41, 5.74) is 28.1. The Balaban J connectivity index is 1.08. The van der Waals surface area contributed by atoms with Crippen LogP contribution in [0.25, 0.3) is 88.0 Å². The number of hydrogen-bond donors (Lipinski definition) is 0. The van der Waals surface area contributed by atoms with E-state index in [9.17, 15) is 0 Å². The van der Waals surface area contributed by atoms with E-state index in [2.05, 4.69) is 282 Å². The molecule has 0 bridgehead atoms. The number of rotatable bonds is 3. The van der Waals surface area contributed by atoms with Gasteiger partial charge in [0, 0.05) is 47.4 Å². The first-order chi connectivity index (χ1) is 38.1. The molecule has 0 fully saturated rings. The molecule has 12 aromatic carbocycles. The molecule has 15 rings (SSSR count). The van der Waals surface area contributed by atoms with Crippen LogP contribution in [0.5, 0.6) is 0 Å². The van der Waals surface area contributed by atoms with Gasteiger partial charge in [-0.25, -0.2) is 0 Å². The molecule has 2 heteroatoms.